The van der Waals surface area contributed by atoms with Crippen molar-refractivity contribution in [1.29, 1.82) is 5.41 Å². The molecular weight excluding hydrogens is 263 g/mol. The summed E-state index contributed by atoms with van der Waals surface area (Å²) in [5.41, 5.74) is 6.09. The summed E-state index contributed by atoms with van der Waals surface area (Å²) in [7, 11) is 0. The number of hydrogen-bond donors (Lipinski definition) is 2. The molecule has 0 saturated carbocycles. The SMILES string of the molecule is N=C(N)SCc1cc(Cl)c(Cl)c(Cl)c1. The molecule has 6 heteroatoms. The lowest BCUT2D eigenvalue weighted by Gasteiger charge is -2.04. The molecule has 1 rings (SSSR count). The van der Waals surface area contributed by atoms with Gasteiger partial charge >= 0.3 is 0 Å². The maximum Gasteiger partial charge on any atom is 0.151 e. The van der Waals surface area contributed by atoms with Gasteiger partial charge < -0.3 is 5.73 Å². The van der Waals surface area contributed by atoms with Crippen LogP contribution in [-0.4, -0.2) is 5.17 Å². The number of nitrogens with one attached hydrogen (secondary N) is 1. The van der Waals surface area contributed by atoms with Gasteiger partial charge in [0.05, 0.1) is 15.1 Å². The molecule has 0 fully saturated rings. The molecule has 0 unspecified atom stereocenters. The molecule has 0 atom stereocenters. The Morgan fingerprint density at radius 2 is 1.79 bits per heavy atom. The second-order valence-electron chi connectivity index (χ2n) is 2.53. The van der Waals surface area contributed by atoms with Crippen LogP contribution in [-0.2, 0) is 5.75 Å². The third-order valence-corrected chi connectivity index (χ3v) is 3.42. The topological polar surface area (TPSA) is 49.9 Å². The summed E-state index contributed by atoms with van der Waals surface area (Å²) < 4.78 is 0. The van der Waals surface area contributed by atoms with E-state index in [2.05, 4.69) is 0 Å². The smallest absolute Gasteiger partial charge is 0.151 e. The quantitative estimate of drug-likeness (QED) is 0.488. The molecule has 0 spiro atoms. The zero-order valence-electron chi connectivity index (χ0n) is 6.98. The first-order valence-corrected chi connectivity index (χ1v) is 5.73. The third-order valence-electron chi connectivity index (χ3n) is 1.44. The Balaban J connectivity index is 2.84. The lowest BCUT2D eigenvalue weighted by molar-refractivity contribution is 1.42. The highest BCUT2D eigenvalue weighted by molar-refractivity contribution is 8.13. The van der Waals surface area contributed by atoms with Gasteiger partial charge in [-0.25, -0.2) is 0 Å². The maximum absolute atomic E-state index is 7.04. The third kappa shape index (κ3) is 3.24. The summed E-state index contributed by atoms with van der Waals surface area (Å²) in [5.74, 6) is 0.561. The van der Waals surface area contributed by atoms with E-state index in [1.807, 2.05) is 0 Å². The normalized spacial score (nSPS) is 10.2. The van der Waals surface area contributed by atoms with Crippen LogP contribution in [0.4, 0.5) is 0 Å². The molecule has 0 heterocycles. The lowest BCUT2D eigenvalue weighted by Crippen LogP contribution is -2.03. The second-order valence-corrected chi connectivity index (χ2v) is 4.74. The number of rotatable bonds is 2. The average Bonchev–Trinajstić information content (AvgIpc) is 2.10. The molecule has 0 bridgehead atoms. The van der Waals surface area contributed by atoms with Gasteiger partial charge in [0.1, 0.15) is 0 Å². The van der Waals surface area contributed by atoms with Crippen molar-refractivity contribution in [1.82, 2.24) is 0 Å². The van der Waals surface area contributed by atoms with Crippen molar-refractivity contribution < 1.29 is 0 Å². The Hall–Kier alpha value is -0.0900. The number of amidine groups is 1. The molecule has 3 N–H and O–H groups in total. The first kappa shape index (κ1) is 12.0. The van der Waals surface area contributed by atoms with E-state index in [0.717, 1.165) is 5.56 Å². The number of benzene rings is 1. The predicted molar refractivity (Wildman–Crippen MR) is 64.7 cm³/mol. The van der Waals surface area contributed by atoms with Crippen LogP contribution in [0.3, 0.4) is 0 Å². The summed E-state index contributed by atoms with van der Waals surface area (Å²) in [6.45, 7) is 0. The monoisotopic (exact) mass is 268 g/mol. The molecule has 2 nitrogen and oxygen atoms in total. The fourth-order valence-corrected chi connectivity index (χ4v) is 1.98. The molecule has 1 aromatic carbocycles. The van der Waals surface area contributed by atoms with Crippen LogP contribution in [0.15, 0.2) is 12.1 Å². The van der Waals surface area contributed by atoms with E-state index in [1.165, 1.54) is 11.8 Å². The Labute approximate surface area is 101 Å². The Morgan fingerprint density at radius 1 is 1.29 bits per heavy atom. The van der Waals surface area contributed by atoms with Crippen LogP contribution in [0.1, 0.15) is 5.56 Å². The van der Waals surface area contributed by atoms with Gasteiger partial charge in [-0.15, -0.1) is 0 Å². The van der Waals surface area contributed by atoms with E-state index in [0.29, 0.717) is 20.8 Å². The summed E-state index contributed by atoms with van der Waals surface area (Å²) >= 11 is 18.6. The van der Waals surface area contributed by atoms with E-state index in [-0.39, 0.29) is 5.17 Å². The standard InChI is InChI=1S/C8H7Cl3N2S/c9-5-1-4(3-14-8(12)13)2-6(10)7(5)11/h1-2H,3H2,(H3,12,13). The van der Waals surface area contributed by atoms with Crippen molar-refractivity contribution in [3.8, 4) is 0 Å². The first-order chi connectivity index (χ1) is 6.50. The van der Waals surface area contributed by atoms with Crippen LogP contribution in [0.2, 0.25) is 15.1 Å². The van der Waals surface area contributed by atoms with Gasteiger partial charge in [-0.2, -0.15) is 0 Å². The molecule has 0 saturated heterocycles. The van der Waals surface area contributed by atoms with Crippen molar-refractivity contribution >= 4 is 51.7 Å². The van der Waals surface area contributed by atoms with E-state index in [4.69, 9.17) is 45.9 Å². The van der Waals surface area contributed by atoms with E-state index >= 15 is 0 Å². The maximum atomic E-state index is 7.04. The average molecular weight is 270 g/mol. The predicted octanol–water partition coefficient (Wildman–Crippen LogP) is 3.77. The Morgan fingerprint density at radius 3 is 2.21 bits per heavy atom. The molecule has 0 aliphatic rings. The van der Waals surface area contributed by atoms with Crippen molar-refractivity contribution in [2.75, 3.05) is 0 Å². The lowest BCUT2D eigenvalue weighted by atomic mass is 10.2. The van der Waals surface area contributed by atoms with Crippen LogP contribution in [0, 0.1) is 5.41 Å². The van der Waals surface area contributed by atoms with E-state index < -0.39 is 0 Å². The highest BCUT2D eigenvalue weighted by atomic mass is 35.5. The highest BCUT2D eigenvalue weighted by Crippen LogP contribution is 2.32. The van der Waals surface area contributed by atoms with E-state index in [9.17, 15) is 0 Å². The molecule has 0 aliphatic carbocycles. The molecule has 0 amide bonds. The minimum atomic E-state index is 0.0622. The van der Waals surface area contributed by atoms with Crippen LogP contribution in [0.5, 0.6) is 0 Å². The second kappa shape index (κ2) is 5.12. The van der Waals surface area contributed by atoms with Crippen molar-refractivity contribution in [3.63, 3.8) is 0 Å². The minimum absolute atomic E-state index is 0.0622. The fraction of sp³-hybridized carbons (Fsp3) is 0.125. The summed E-state index contributed by atoms with van der Waals surface area (Å²) in [6.07, 6.45) is 0. The fourth-order valence-electron chi connectivity index (χ4n) is 0.852. The number of hydrogen-bond acceptors (Lipinski definition) is 2. The van der Waals surface area contributed by atoms with Crippen molar-refractivity contribution in [2.24, 2.45) is 5.73 Å². The largest absolute Gasteiger partial charge is 0.379 e. The van der Waals surface area contributed by atoms with Crippen molar-refractivity contribution in [2.45, 2.75) is 5.75 Å². The zero-order chi connectivity index (χ0) is 10.7. The Kier molecular flexibility index (Phi) is 4.38. The molecule has 0 aliphatic heterocycles. The van der Waals surface area contributed by atoms with Crippen LogP contribution >= 0.6 is 46.6 Å². The van der Waals surface area contributed by atoms with Crippen LogP contribution in [0.25, 0.3) is 0 Å². The van der Waals surface area contributed by atoms with Crippen LogP contribution < -0.4 is 5.73 Å². The molecule has 76 valence electrons. The molecule has 14 heavy (non-hydrogen) atoms. The van der Waals surface area contributed by atoms with Gasteiger partial charge in [-0.1, -0.05) is 46.6 Å². The van der Waals surface area contributed by atoms with Gasteiger partial charge in [-0.05, 0) is 17.7 Å². The molecule has 0 radical (unpaired) electrons. The Bertz CT molecular complexity index is 345. The van der Waals surface area contributed by atoms with E-state index in [1.54, 1.807) is 12.1 Å². The molecule has 1 aromatic rings. The number of thioether (sulfide) groups is 1. The summed E-state index contributed by atoms with van der Waals surface area (Å²) in [6, 6.07) is 3.43. The van der Waals surface area contributed by atoms with Gasteiger partial charge in [-0.3, -0.25) is 5.41 Å². The van der Waals surface area contributed by atoms with Gasteiger partial charge in [0, 0.05) is 5.75 Å². The minimum Gasteiger partial charge on any atom is -0.379 e. The van der Waals surface area contributed by atoms with Crippen molar-refractivity contribution in [3.05, 3.63) is 32.8 Å². The molecular formula is C8H7Cl3N2S. The zero-order valence-corrected chi connectivity index (χ0v) is 10.1. The number of halogens is 3. The van der Waals surface area contributed by atoms with Gasteiger partial charge in [0.15, 0.2) is 5.17 Å². The van der Waals surface area contributed by atoms with Gasteiger partial charge in [0.25, 0.3) is 0 Å². The highest BCUT2D eigenvalue weighted by Gasteiger charge is 2.06. The van der Waals surface area contributed by atoms with Gasteiger partial charge in [0.2, 0.25) is 0 Å². The first-order valence-electron chi connectivity index (χ1n) is 3.61. The summed E-state index contributed by atoms with van der Waals surface area (Å²) in [4.78, 5) is 0. The molecule has 0 aromatic heterocycles. The summed E-state index contributed by atoms with van der Waals surface area (Å²) in [5, 5.41) is 8.29. The number of nitrogens with two attached hydrogens (primary N) is 1.